The summed E-state index contributed by atoms with van der Waals surface area (Å²) in [6, 6.07) is 4.81. The predicted molar refractivity (Wildman–Crippen MR) is 113 cm³/mol. The van der Waals surface area contributed by atoms with E-state index in [1.54, 1.807) is 0 Å². The second kappa shape index (κ2) is 10.5. The summed E-state index contributed by atoms with van der Waals surface area (Å²) in [6.07, 6.45) is 10.3. The van der Waals surface area contributed by atoms with Gasteiger partial charge in [0.2, 0.25) is 5.91 Å². The van der Waals surface area contributed by atoms with Crippen LogP contribution in [-0.4, -0.2) is 84.1 Å². The Labute approximate surface area is 175 Å². The number of ether oxygens (including phenoxy) is 1. The minimum absolute atomic E-state index is 0.372. The quantitative estimate of drug-likeness (QED) is 0.734. The Morgan fingerprint density at radius 3 is 2.55 bits per heavy atom. The molecule has 6 nitrogen and oxygen atoms in total. The molecule has 160 valence electrons. The van der Waals surface area contributed by atoms with Crippen LogP contribution in [0.1, 0.15) is 44.1 Å². The Kier molecular flexibility index (Phi) is 7.52. The normalized spacial score (nSPS) is 27.1. The maximum Gasteiger partial charge on any atom is 0.222 e. The summed E-state index contributed by atoms with van der Waals surface area (Å²) in [6.45, 7) is 8.87. The van der Waals surface area contributed by atoms with Gasteiger partial charge in [0.25, 0.3) is 0 Å². The first-order chi connectivity index (χ1) is 14.3. The summed E-state index contributed by atoms with van der Waals surface area (Å²) in [7, 11) is 0. The van der Waals surface area contributed by atoms with Crippen molar-refractivity contribution in [2.75, 3.05) is 52.5 Å². The van der Waals surface area contributed by atoms with Gasteiger partial charge in [-0.05, 0) is 62.3 Å². The first-order valence-corrected chi connectivity index (χ1v) is 11.5. The third kappa shape index (κ3) is 5.77. The lowest BCUT2D eigenvalue weighted by atomic mass is 9.86. The van der Waals surface area contributed by atoms with Crippen molar-refractivity contribution in [3.63, 3.8) is 0 Å². The zero-order valence-corrected chi connectivity index (χ0v) is 17.7. The van der Waals surface area contributed by atoms with Crippen LogP contribution >= 0.6 is 0 Å². The number of carbonyl (C=O) groups is 1. The van der Waals surface area contributed by atoms with Gasteiger partial charge in [0.1, 0.15) is 0 Å². The van der Waals surface area contributed by atoms with Gasteiger partial charge in [-0.3, -0.25) is 19.6 Å². The number of rotatable bonds is 6. The van der Waals surface area contributed by atoms with Gasteiger partial charge in [0.15, 0.2) is 0 Å². The van der Waals surface area contributed by atoms with Gasteiger partial charge in [-0.2, -0.15) is 0 Å². The smallest absolute Gasteiger partial charge is 0.222 e. The molecule has 0 saturated carbocycles. The van der Waals surface area contributed by atoms with Crippen LogP contribution < -0.4 is 0 Å². The lowest BCUT2D eigenvalue weighted by Crippen LogP contribution is -2.54. The van der Waals surface area contributed by atoms with Gasteiger partial charge in [0.05, 0.1) is 13.2 Å². The van der Waals surface area contributed by atoms with Gasteiger partial charge in [-0.15, -0.1) is 0 Å². The Morgan fingerprint density at radius 1 is 1.03 bits per heavy atom. The monoisotopic (exact) mass is 400 g/mol. The Balaban J connectivity index is 1.37. The first kappa shape index (κ1) is 20.8. The molecule has 6 heteroatoms. The van der Waals surface area contributed by atoms with E-state index in [2.05, 4.69) is 31.8 Å². The summed E-state index contributed by atoms with van der Waals surface area (Å²) >= 11 is 0. The highest BCUT2D eigenvalue weighted by atomic mass is 16.5. The Morgan fingerprint density at radius 2 is 1.79 bits per heavy atom. The fraction of sp³-hybridized carbons (Fsp3) is 0.739. The molecule has 0 bridgehead atoms. The average molecular weight is 401 g/mol. The van der Waals surface area contributed by atoms with Crippen molar-refractivity contribution in [1.29, 1.82) is 0 Å². The van der Waals surface area contributed by atoms with Crippen LogP contribution in [-0.2, 0) is 16.1 Å². The van der Waals surface area contributed by atoms with E-state index in [9.17, 15) is 4.79 Å². The molecule has 29 heavy (non-hydrogen) atoms. The van der Waals surface area contributed by atoms with E-state index in [1.807, 2.05) is 12.4 Å². The van der Waals surface area contributed by atoms with Crippen LogP contribution in [0.25, 0.3) is 0 Å². The Bertz CT molecular complexity index is 629. The fourth-order valence-corrected chi connectivity index (χ4v) is 5.27. The van der Waals surface area contributed by atoms with E-state index in [-0.39, 0.29) is 0 Å². The zero-order valence-electron chi connectivity index (χ0n) is 17.7. The molecule has 1 aromatic heterocycles. The number of likely N-dealkylation sites (tertiary alicyclic amines) is 2. The highest BCUT2D eigenvalue weighted by molar-refractivity contribution is 5.76. The highest BCUT2D eigenvalue weighted by Crippen LogP contribution is 2.28. The largest absolute Gasteiger partial charge is 0.379 e. The molecule has 0 radical (unpaired) electrons. The molecule has 4 rings (SSSR count). The molecule has 4 heterocycles. The molecule has 0 spiro atoms. The summed E-state index contributed by atoms with van der Waals surface area (Å²) in [5.41, 5.74) is 1.33. The van der Waals surface area contributed by atoms with Gasteiger partial charge in [0, 0.05) is 64.1 Å². The molecule has 0 N–H and O–H groups in total. The molecule has 3 saturated heterocycles. The van der Waals surface area contributed by atoms with Crippen LogP contribution in [0.3, 0.4) is 0 Å². The SMILES string of the molecule is O=C(CC[C@H]1CN(Cc2ccncc2)CC[C@H]1N1CCOCC1)N1CCCCC1. The van der Waals surface area contributed by atoms with Crippen LogP contribution in [0.2, 0.25) is 0 Å². The number of carbonyl (C=O) groups excluding carboxylic acids is 1. The second-order valence-electron chi connectivity index (χ2n) is 8.84. The minimum Gasteiger partial charge on any atom is -0.379 e. The van der Waals surface area contributed by atoms with Crippen molar-refractivity contribution < 1.29 is 9.53 Å². The molecule has 1 aromatic rings. The van der Waals surface area contributed by atoms with Gasteiger partial charge in [-0.25, -0.2) is 0 Å². The third-order valence-electron chi connectivity index (χ3n) is 6.89. The van der Waals surface area contributed by atoms with E-state index in [0.29, 0.717) is 24.3 Å². The minimum atomic E-state index is 0.372. The van der Waals surface area contributed by atoms with E-state index in [4.69, 9.17) is 4.74 Å². The van der Waals surface area contributed by atoms with Crippen molar-refractivity contribution in [2.24, 2.45) is 5.92 Å². The second-order valence-corrected chi connectivity index (χ2v) is 8.84. The van der Waals surface area contributed by atoms with Crippen molar-refractivity contribution in [3.8, 4) is 0 Å². The van der Waals surface area contributed by atoms with E-state index >= 15 is 0 Å². The third-order valence-corrected chi connectivity index (χ3v) is 6.89. The lowest BCUT2D eigenvalue weighted by Gasteiger charge is -2.45. The molecular formula is C23H36N4O2. The predicted octanol–water partition coefficient (Wildman–Crippen LogP) is 2.40. The molecule has 0 aromatic carbocycles. The number of pyridine rings is 1. The first-order valence-electron chi connectivity index (χ1n) is 11.5. The summed E-state index contributed by atoms with van der Waals surface area (Å²) in [5, 5.41) is 0. The number of hydrogen-bond acceptors (Lipinski definition) is 5. The topological polar surface area (TPSA) is 48.9 Å². The molecule has 0 aliphatic carbocycles. The van der Waals surface area contributed by atoms with Crippen LogP contribution in [0.5, 0.6) is 0 Å². The molecule has 2 atom stereocenters. The standard InChI is InChI=1S/C23H36N4O2/c28-23(27-11-2-1-3-12-27)5-4-21-19-25(18-20-6-9-24-10-7-20)13-8-22(21)26-14-16-29-17-15-26/h6-7,9-10,21-22H,1-5,8,11-19H2/t21-,22+/m0/s1. The molecule has 3 aliphatic heterocycles. The van der Waals surface area contributed by atoms with Crippen molar-refractivity contribution >= 4 is 5.91 Å². The number of morpholine rings is 1. The number of amides is 1. The van der Waals surface area contributed by atoms with E-state index in [0.717, 1.165) is 65.4 Å². The summed E-state index contributed by atoms with van der Waals surface area (Å²) in [5.74, 6) is 0.925. The van der Waals surface area contributed by atoms with Crippen molar-refractivity contribution in [2.45, 2.75) is 51.1 Å². The van der Waals surface area contributed by atoms with Crippen molar-refractivity contribution in [1.82, 2.24) is 19.7 Å². The van der Waals surface area contributed by atoms with E-state index in [1.165, 1.54) is 31.2 Å². The average Bonchev–Trinajstić information content (AvgIpc) is 2.79. The number of nitrogens with zero attached hydrogens (tertiary/aromatic N) is 4. The fourth-order valence-electron chi connectivity index (χ4n) is 5.27. The maximum absolute atomic E-state index is 12.8. The van der Waals surface area contributed by atoms with Crippen LogP contribution in [0, 0.1) is 5.92 Å². The van der Waals surface area contributed by atoms with Gasteiger partial charge < -0.3 is 9.64 Å². The molecule has 3 aliphatic rings. The number of piperidine rings is 2. The molecular weight excluding hydrogens is 364 g/mol. The van der Waals surface area contributed by atoms with Crippen molar-refractivity contribution in [3.05, 3.63) is 30.1 Å². The van der Waals surface area contributed by atoms with Crippen LogP contribution in [0.15, 0.2) is 24.5 Å². The summed E-state index contributed by atoms with van der Waals surface area (Å²) < 4.78 is 5.58. The lowest BCUT2D eigenvalue weighted by molar-refractivity contribution is -0.132. The molecule has 1 amide bonds. The number of aromatic nitrogens is 1. The maximum atomic E-state index is 12.8. The Hall–Kier alpha value is -1.50. The van der Waals surface area contributed by atoms with Crippen LogP contribution in [0.4, 0.5) is 0 Å². The van der Waals surface area contributed by atoms with Gasteiger partial charge in [-0.1, -0.05) is 0 Å². The van der Waals surface area contributed by atoms with Gasteiger partial charge >= 0.3 is 0 Å². The molecule has 3 fully saturated rings. The summed E-state index contributed by atoms with van der Waals surface area (Å²) in [4.78, 5) is 24.2. The molecule has 0 unspecified atom stereocenters. The highest BCUT2D eigenvalue weighted by Gasteiger charge is 2.34. The zero-order chi connectivity index (χ0) is 19.9. The van der Waals surface area contributed by atoms with E-state index < -0.39 is 0 Å². The number of hydrogen-bond donors (Lipinski definition) is 0.